The summed E-state index contributed by atoms with van der Waals surface area (Å²) in [6.45, 7) is 5.93. The molecule has 0 spiro atoms. The van der Waals surface area contributed by atoms with Crippen LogP contribution in [0.5, 0.6) is 0 Å². The number of carbonyl (C=O) groups excluding carboxylic acids is 1. The Morgan fingerprint density at radius 2 is 1.90 bits per heavy atom. The second kappa shape index (κ2) is 7.81. The van der Waals surface area contributed by atoms with Crippen molar-refractivity contribution in [2.24, 2.45) is 0 Å². The molecule has 21 heavy (non-hydrogen) atoms. The number of aromatic nitrogens is 2. The number of rotatable bonds is 5. The highest BCUT2D eigenvalue weighted by Crippen LogP contribution is 2.17. The monoisotopic (exact) mass is 291 g/mol. The summed E-state index contributed by atoms with van der Waals surface area (Å²) in [6.07, 6.45) is 5.81. The lowest BCUT2D eigenvalue weighted by Crippen LogP contribution is -2.39. The Hall–Kier alpha value is -1.85. The van der Waals surface area contributed by atoms with E-state index in [0.717, 1.165) is 31.7 Å². The topological polar surface area (TPSA) is 70.2 Å². The van der Waals surface area contributed by atoms with Crippen LogP contribution in [0.3, 0.4) is 0 Å². The van der Waals surface area contributed by atoms with Gasteiger partial charge in [0.25, 0.3) is 0 Å². The van der Waals surface area contributed by atoms with Crippen molar-refractivity contribution < 1.29 is 4.79 Å². The van der Waals surface area contributed by atoms with E-state index in [0.29, 0.717) is 11.9 Å². The van der Waals surface area contributed by atoms with E-state index in [1.807, 2.05) is 6.07 Å². The molecular weight excluding hydrogens is 266 g/mol. The quantitative estimate of drug-likeness (QED) is 0.875. The van der Waals surface area contributed by atoms with Crippen molar-refractivity contribution in [2.45, 2.75) is 52.0 Å². The van der Waals surface area contributed by atoms with Gasteiger partial charge in [0.15, 0.2) is 11.6 Å². The van der Waals surface area contributed by atoms with Crippen LogP contribution in [0, 0.1) is 0 Å². The predicted molar refractivity (Wildman–Crippen MR) is 84.6 cm³/mol. The number of carbonyl (C=O) groups is 1. The van der Waals surface area contributed by atoms with E-state index in [1.165, 1.54) is 19.3 Å². The number of nitrogens with one attached hydrogen (secondary N) is 2. The van der Waals surface area contributed by atoms with Crippen molar-refractivity contribution in [2.75, 3.05) is 23.3 Å². The smallest absolute Gasteiger partial charge is 0.320 e. The normalized spacial score (nSPS) is 15.5. The van der Waals surface area contributed by atoms with Gasteiger partial charge < -0.3 is 10.2 Å². The maximum Gasteiger partial charge on any atom is 0.320 e. The molecule has 1 aliphatic rings. The molecule has 0 unspecified atom stereocenters. The van der Waals surface area contributed by atoms with Crippen molar-refractivity contribution in [1.82, 2.24) is 15.5 Å². The third-order valence-electron chi connectivity index (χ3n) is 3.92. The van der Waals surface area contributed by atoms with E-state index in [4.69, 9.17) is 0 Å². The van der Waals surface area contributed by atoms with Crippen molar-refractivity contribution in [3.8, 4) is 0 Å². The van der Waals surface area contributed by atoms with E-state index in [2.05, 4.69) is 39.6 Å². The van der Waals surface area contributed by atoms with Gasteiger partial charge in [0.05, 0.1) is 0 Å². The van der Waals surface area contributed by atoms with Gasteiger partial charge in [-0.05, 0) is 38.8 Å². The maximum absolute atomic E-state index is 11.9. The second-order valence-electron chi connectivity index (χ2n) is 5.38. The Balaban J connectivity index is 1.86. The highest BCUT2D eigenvalue weighted by atomic mass is 16.2. The summed E-state index contributed by atoms with van der Waals surface area (Å²) >= 11 is 0. The van der Waals surface area contributed by atoms with Crippen molar-refractivity contribution in [3.05, 3.63) is 12.1 Å². The van der Waals surface area contributed by atoms with Crippen LogP contribution in [-0.4, -0.2) is 35.4 Å². The Morgan fingerprint density at radius 1 is 1.19 bits per heavy atom. The van der Waals surface area contributed by atoms with Crippen molar-refractivity contribution in [1.29, 1.82) is 0 Å². The fourth-order valence-electron chi connectivity index (χ4n) is 2.69. The van der Waals surface area contributed by atoms with Gasteiger partial charge in [-0.25, -0.2) is 4.79 Å². The average Bonchev–Trinajstić information content (AvgIpc) is 2.51. The lowest BCUT2D eigenvalue weighted by Gasteiger charge is -2.22. The predicted octanol–water partition coefficient (Wildman–Crippen LogP) is 2.78. The number of nitrogens with zero attached hydrogens (tertiary/aromatic N) is 3. The first-order valence-corrected chi connectivity index (χ1v) is 7.89. The average molecular weight is 291 g/mol. The summed E-state index contributed by atoms with van der Waals surface area (Å²) in [6, 6.07) is 3.78. The van der Waals surface area contributed by atoms with Gasteiger partial charge in [-0.15, -0.1) is 10.2 Å². The van der Waals surface area contributed by atoms with Crippen LogP contribution in [-0.2, 0) is 0 Å². The van der Waals surface area contributed by atoms with Crippen LogP contribution in [0.2, 0.25) is 0 Å². The third kappa shape index (κ3) is 4.58. The molecule has 1 aromatic heterocycles. The highest BCUT2D eigenvalue weighted by molar-refractivity contribution is 5.88. The first-order chi connectivity index (χ1) is 10.2. The molecule has 0 bridgehead atoms. The molecule has 1 heterocycles. The summed E-state index contributed by atoms with van der Waals surface area (Å²) in [5.74, 6) is 1.32. The maximum atomic E-state index is 11.9. The number of hydrogen-bond donors (Lipinski definition) is 2. The molecule has 0 atom stereocenters. The fourth-order valence-corrected chi connectivity index (χ4v) is 2.69. The molecule has 6 nitrogen and oxygen atoms in total. The Morgan fingerprint density at radius 3 is 2.48 bits per heavy atom. The van der Waals surface area contributed by atoms with Gasteiger partial charge in [-0.1, -0.05) is 19.3 Å². The zero-order valence-electron chi connectivity index (χ0n) is 12.9. The molecule has 2 amide bonds. The Bertz CT molecular complexity index is 438. The SMILES string of the molecule is CCN(CC)c1ccc(NC(=O)NC2CCCCC2)nn1. The minimum atomic E-state index is -0.188. The molecule has 116 valence electrons. The van der Waals surface area contributed by atoms with E-state index in [9.17, 15) is 4.79 Å². The van der Waals surface area contributed by atoms with Crippen LogP contribution < -0.4 is 15.5 Å². The van der Waals surface area contributed by atoms with Crippen LogP contribution >= 0.6 is 0 Å². The van der Waals surface area contributed by atoms with Crippen LogP contribution in [0.25, 0.3) is 0 Å². The van der Waals surface area contributed by atoms with Crippen molar-refractivity contribution in [3.63, 3.8) is 0 Å². The van der Waals surface area contributed by atoms with Gasteiger partial charge in [-0.2, -0.15) is 0 Å². The zero-order chi connectivity index (χ0) is 15.1. The Labute approximate surface area is 126 Å². The summed E-state index contributed by atoms with van der Waals surface area (Å²) in [4.78, 5) is 14.0. The van der Waals surface area contributed by atoms with Gasteiger partial charge >= 0.3 is 6.03 Å². The minimum absolute atomic E-state index is 0.188. The van der Waals surface area contributed by atoms with Crippen molar-refractivity contribution >= 4 is 17.7 Å². The lowest BCUT2D eigenvalue weighted by molar-refractivity contribution is 0.244. The van der Waals surface area contributed by atoms with E-state index in [-0.39, 0.29) is 6.03 Å². The van der Waals surface area contributed by atoms with E-state index < -0.39 is 0 Å². The molecule has 1 aromatic rings. The third-order valence-corrected chi connectivity index (χ3v) is 3.92. The van der Waals surface area contributed by atoms with Gasteiger partial charge in [0.2, 0.25) is 0 Å². The molecule has 6 heteroatoms. The number of anilines is 2. The molecule has 0 radical (unpaired) electrons. The minimum Gasteiger partial charge on any atom is -0.356 e. The number of hydrogen-bond acceptors (Lipinski definition) is 4. The van der Waals surface area contributed by atoms with Crippen LogP contribution in [0.15, 0.2) is 12.1 Å². The zero-order valence-corrected chi connectivity index (χ0v) is 12.9. The van der Waals surface area contributed by atoms with Crippen LogP contribution in [0.1, 0.15) is 46.0 Å². The molecule has 0 aliphatic heterocycles. The standard InChI is InChI=1S/C15H25N5O/c1-3-20(4-2)14-11-10-13(18-19-14)17-15(21)16-12-8-6-5-7-9-12/h10-12H,3-9H2,1-2H3,(H2,16,17,18,21). The first-order valence-electron chi connectivity index (χ1n) is 7.89. The first kappa shape index (κ1) is 15.5. The molecule has 1 saturated carbocycles. The molecule has 2 rings (SSSR count). The molecule has 2 N–H and O–H groups in total. The van der Waals surface area contributed by atoms with Gasteiger partial charge in [0.1, 0.15) is 0 Å². The number of amides is 2. The fraction of sp³-hybridized carbons (Fsp3) is 0.667. The largest absolute Gasteiger partial charge is 0.356 e. The summed E-state index contributed by atoms with van der Waals surface area (Å²) in [5.41, 5.74) is 0. The Kier molecular flexibility index (Phi) is 5.78. The van der Waals surface area contributed by atoms with E-state index in [1.54, 1.807) is 6.07 Å². The second-order valence-corrected chi connectivity index (χ2v) is 5.38. The molecule has 1 aliphatic carbocycles. The van der Waals surface area contributed by atoms with Crippen LogP contribution in [0.4, 0.5) is 16.4 Å². The van der Waals surface area contributed by atoms with E-state index >= 15 is 0 Å². The summed E-state index contributed by atoms with van der Waals surface area (Å²) in [7, 11) is 0. The lowest BCUT2D eigenvalue weighted by atomic mass is 9.96. The summed E-state index contributed by atoms with van der Waals surface area (Å²) in [5, 5.41) is 14.0. The number of urea groups is 1. The molecule has 1 fully saturated rings. The molecular formula is C15H25N5O. The molecule has 0 saturated heterocycles. The summed E-state index contributed by atoms with van der Waals surface area (Å²) < 4.78 is 0. The highest BCUT2D eigenvalue weighted by Gasteiger charge is 2.16. The van der Waals surface area contributed by atoms with Gasteiger partial charge in [0, 0.05) is 19.1 Å². The van der Waals surface area contributed by atoms with Gasteiger partial charge in [-0.3, -0.25) is 5.32 Å². The molecule has 0 aromatic carbocycles.